The molecule has 2 fully saturated rings. The quantitative estimate of drug-likeness (QED) is 0.577. The largest absolute Gasteiger partial charge is 0.334 e. The van der Waals surface area contributed by atoms with Crippen molar-refractivity contribution in [2.45, 2.75) is 19.0 Å². The molecule has 1 aromatic rings. The highest BCUT2D eigenvalue weighted by molar-refractivity contribution is 5.88. The van der Waals surface area contributed by atoms with E-state index in [4.69, 9.17) is 0 Å². The van der Waals surface area contributed by atoms with Gasteiger partial charge >= 0.3 is 0 Å². The molecule has 3 heteroatoms. The standard InChI is InChI=1S/C15H14FNO/c16-12-5-1-9(2-6-12)8-17-14-11-4-3-10(7-11)13(14)15(17)18/h1-6,10-11,13-14H,7-8H2. The van der Waals surface area contributed by atoms with Crippen LogP contribution in [0.4, 0.5) is 4.39 Å². The number of carbonyl (C=O) groups is 1. The molecule has 1 saturated heterocycles. The fourth-order valence-electron chi connectivity index (χ4n) is 3.78. The third-order valence-corrected chi connectivity index (χ3v) is 4.61. The van der Waals surface area contributed by atoms with Crippen molar-refractivity contribution in [2.24, 2.45) is 17.8 Å². The zero-order chi connectivity index (χ0) is 12.3. The second-order valence-electron chi connectivity index (χ2n) is 5.56. The van der Waals surface area contributed by atoms with Crippen LogP contribution in [-0.4, -0.2) is 16.8 Å². The molecular formula is C15H14FNO. The fraction of sp³-hybridized carbons (Fsp3) is 0.400. The van der Waals surface area contributed by atoms with Gasteiger partial charge in [0.25, 0.3) is 0 Å². The number of carbonyl (C=O) groups excluding carboxylic acids is 1. The number of allylic oxidation sites excluding steroid dienone is 1. The van der Waals surface area contributed by atoms with E-state index in [2.05, 4.69) is 12.2 Å². The Morgan fingerprint density at radius 3 is 2.67 bits per heavy atom. The molecule has 2 bridgehead atoms. The zero-order valence-electron chi connectivity index (χ0n) is 9.92. The summed E-state index contributed by atoms with van der Waals surface area (Å²) in [5.41, 5.74) is 1.01. The molecule has 0 spiro atoms. The molecule has 2 nitrogen and oxygen atoms in total. The molecule has 4 atom stereocenters. The summed E-state index contributed by atoms with van der Waals surface area (Å²) in [6.07, 6.45) is 5.61. The maximum Gasteiger partial charge on any atom is 0.228 e. The van der Waals surface area contributed by atoms with Crippen molar-refractivity contribution in [1.82, 2.24) is 4.90 Å². The summed E-state index contributed by atoms with van der Waals surface area (Å²) in [6.45, 7) is 0.622. The van der Waals surface area contributed by atoms with Crippen LogP contribution in [-0.2, 0) is 11.3 Å². The van der Waals surface area contributed by atoms with Gasteiger partial charge in [0.05, 0.1) is 12.0 Å². The highest BCUT2D eigenvalue weighted by atomic mass is 19.1. The van der Waals surface area contributed by atoms with Crippen molar-refractivity contribution in [3.63, 3.8) is 0 Å². The number of fused-ring (bicyclic) bond motifs is 5. The van der Waals surface area contributed by atoms with Crippen LogP contribution in [0.5, 0.6) is 0 Å². The minimum Gasteiger partial charge on any atom is -0.334 e. The molecular weight excluding hydrogens is 229 g/mol. The molecule has 0 aromatic heterocycles. The topological polar surface area (TPSA) is 20.3 Å². The predicted molar refractivity (Wildman–Crippen MR) is 65.0 cm³/mol. The van der Waals surface area contributed by atoms with E-state index in [1.54, 1.807) is 12.1 Å². The average molecular weight is 243 g/mol. The van der Waals surface area contributed by atoms with Gasteiger partial charge in [-0.25, -0.2) is 4.39 Å². The molecule has 4 unspecified atom stereocenters. The molecule has 1 amide bonds. The molecule has 1 saturated carbocycles. The van der Waals surface area contributed by atoms with Crippen molar-refractivity contribution in [3.05, 3.63) is 47.8 Å². The minimum absolute atomic E-state index is 0.227. The van der Waals surface area contributed by atoms with Crippen LogP contribution in [0.15, 0.2) is 36.4 Å². The Hall–Kier alpha value is -1.64. The molecule has 0 radical (unpaired) electrons. The zero-order valence-corrected chi connectivity index (χ0v) is 9.92. The fourth-order valence-corrected chi connectivity index (χ4v) is 3.78. The van der Waals surface area contributed by atoms with E-state index in [0.29, 0.717) is 24.4 Å². The van der Waals surface area contributed by atoms with Crippen molar-refractivity contribution in [3.8, 4) is 0 Å². The van der Waals surface area contributed by atoms with Crippen molar-refractivity contribution >= 4 is 5.91 Å². The maximum atomic E-state index is 12.8. The number of nitrogens with zero attached hydrogens (tertiary/aromatic N) is 1. The number of hydrogen-bond donors (Lipinski definition) is 0. The van der Waals surface area contributed by atoms with Gasteiger partial charge in [-0.3, -0.25) is 4.79 Å². The van der Waals surface area contributed by atoms with E-state index in [0.717, 1.165) is 12.0 Å². The normalized spacial score (nSPS) is 35.8. The first-order valence-electron chi connectivity index (χ1n) is 6.47. The Morgan fingerprint density at radius 1 is 1.17 bits per heavy atom. The lowest BCUT2D eigenvalue weighted by atomic mass is 9.79. The van der Waals surface area contributed by atoms with Gasteiger partial charge in [0.15, 0.2) is 0 Å². The molecule has 1 aliphatic heterocycles. The number of likely N-dealkylation sites (tertiary alicyclic amines) is 1. The van der Waals surface area contributed by atoms with Crippen LogP contribution >= 0.6 is 0 Å². The molecule has 3 aliphatic rings. The monoisotopic (exact) mass is 243 g/mol. The van der Waals surface area contributed by atoms with E-state index >= 15 is 0 Å². The number of benzene rings is 1. The van der Waals surface area contributed by atoms with Crippen LogP contribution in [0, 0.1) is 23.6 Å². The SMILES string of the molecule is O=C1C2C3C=CC(C3)C2N1Cc1ccc(F)cc1. The third kappa shape index (κ3) is 1.25. The van der Waals surface area contributed by atoms with Gasteiger partial charge in [0.1, 0.15) is 5.82 Å². The van der Waals surface area contributed by atoms with Gasteiger partial charge < -0.3 is 4.90 Å². The number of β-lactam (4-membered cyclic amide) rings is 1. The van der Waals surface area contributed by atoms with Gasteiger partial charge in [0, 0.05) is 6.54 Å². The third-order valence-electron chi connectivity index (χ3n) is 4.61. The first kappa shape index (κ1) is 10.3. The number of hydrogen-bond acceptors (Lipinski definition) is 1. The molecule has 1 aromatic carbocycles. The van der Waals surface area contributed by atoms with Crippen LogP contribution in [0.3, 0.4) is 0 Å². The second kappa shape index (κ2) is 3.44. The lowest BCUT2D eigenvalue weighted by Crippen LogP contribution is -2.61. The summed E-state index contributed by atoms with van der Waals surface area (Å²) >= 11 is 0. The summed E-state index contributed by atoms with van der Waals surface area (Å²) in [5, 5.41) is 0. The first-order valence-corrected chi connectivity index (χ1v) is 6.47. The average Bonchev–Trinajstić information content (AvgIpc) is 2.95. The van der Waals surface area contributed by atoms with E-state index in [1.807, 2.05) is 4.90 Å². The summed E-state index contributed by atoms with van der Waals surface area (Å²) in [4.78, 5) is 14.1. The molecule has 18 heavy (non-hydrogen) atoms. The Kier molecular flexibility index (Phi) is 1.97. The Balaban J connectivity index is 1.55. The van der Waals surface area contributed by atoms with Gasteiger partial charge in [-0.1, -0.05) is 24.3 Å². The van der Waals surface area contributed by atoms with E-state index < -0.39 is 0 Å². The Bertz CT molecular complexity index is 536. The number of amides is 1. The molecule has 2 aliphatic carbocycles. The highest BCUT2D eigenvalue weighted by Gasteiger charge is 2.59. The lowest BCUT2D eigenvalue weighted by Gasteiger charge is -2.48. The summed E-state index contributed by atoms with van der Waals surface area (Å²) < 4.78 is 12.8. The van der Waals surface area contributed by atoms with Crippen molar-refractivity contribution in [1.29, 1.82) is 0 Å². The molecule has 1 heterocycles. The minimum atomic E-state index is -0.227. The molecule has 92 valence electrons. The van der Waals surface area contributed by atoms with E-state index in [-0.39, 0.29) is 17.6 Å². The van der Waals surface area contributed by atoms with Gasteiger partial charge in [-0.15, -0.1) is 0 Å². The smallest absolute Gasteiger partial charge is 0.228 e. The van der Waals surface area contributed by atoms with Crippen LogP contribution in [0.25, 0.3) is 0 Å². The lowest BCUT2D eigenvalue weighted by molar-refractivity contribution is -0.158. The molecule has 4 rings (SSSR count). The Morgan fingerprint density at radius 2 is 1.89 bits per heavy atom. The highest BCUT2D eigenvalue weighted by Crippen LogP contribution is 2.52. The van der Waals surface area contributed by atoms with E-state index in [9.17, 15) is 9.18 Å². The summed E-state index contributed by atoms with van der Waals surface area (Å²) in [7, 11) is 0. The van der Waals surface area contributed by atoms with Gasteiger partial charge in [-0.2, -0.15) is 0 Å². The number of rotatable bonds is 2. The maximum absolute atomic E-state index is 12.8. The van der Waals surface area contributed by atoms with E-state index in [1.165, 1.54) is 12.1 Å². The second-order valence-corrected chi connectivity index (χ2v) is 5.56. The predicted octanol–water partition coefficient (Wildman–Crippen LogP) is 2.36. The van der Waals surface area contributed by atoms with Crippen molar-refractivity contribution in [2.75, 3.05) is 0 Å². The van der Waals surface area contributed by atoms with Crippen LogP contribution < -0.4 is 0 Å². The Labute approximate surface area is 105 Å². The number of halogens is 1. The van der Waals surface area contributed by atoms with Gasteiger partial charge in [-0.05, 0) is 36.0 Å². The first-order chi connectivity index (χ1) is 8.74. The summed E-state index contributed by atoms with van der Waals surface area (Å²) in [5.74, 6) is 1.33. The van der Waals surface area contributed by atoms with Crippen molar-refractivity contribution < 1.29 is 9.18 Å². The van der Waals surface area contributed by atoms with Crippen LogP contribution in [0.2, 0.25) is 0 Å². The van der Waals surface area contributed by atoms with Gasteiger partial charge in [0.2, 0.25) is 5.91 Å². The molecule has 0 N–H and O–H groups in total. The van der Waals surface area contributed by atoms with Crippen LogP contribution in [0.1, 0.15) is 12.0 Å². The summed E-state index contributed by atoms with van der Waals surface area (Å²) in [6, 6.07) is 6.84.